The van der Waals surface area contributed by atoms with Crippen molar-refractivity contribution in [3.63, 3.8) is 0 Å². The van der Waals surface area contributed by atoms with Gasteiger partial charge in [0, 0.05) is 29.1 Å². The molecule has 1 unspecified atom stereocenters. The zero-order valence-corrected chi connectivity index (χ0v) is 13.1. The number of benzene rings is 1. The molecule has 22 heavy (non-hydrogen) atoms. The van der Waals surface area contributed by atoms with Crippen molar-refractivity contribution in [1.29, 1.82) is 0 Å². The Hall–Kier alpha value is -2.01. The van der Waals surface area contributed by atoms with Crippen molar-refractivity contribution >= 4 is 34.4 Å². The largest absolute Gasteiger partial charge is 0.481 e. The van der Waals surface area contributed by atoms with E-state index in [0.29, 0.717) is 23.6 Å². The van der Waals surface area contributed by atoms with Gasteiger partial charge in [-0.1, -0.05) is 11.6 Å². The van der Waals surface area contributed by atoms with Crippen LogP contribution in [0.3, 0.4) is 0 Å². The number of rotatable bonds is 2. The SMILES string of the molecule is Cc1c(C(=O)N2CCC(C)(C(=O)O)C2)oc2ccc(Cl)cc12. The fourth-order valence-corrected chi connectivity index (χ4v) is 3.02. The lowest BCUT2D eigenvalue weighted by Gasteiger charge is -2.19. The van der Waals surface area contributed by atoms with Crippen LogP contribution in [-0.4, -0.2) is 35.0 Å². The number of carboxylic acid groups (broad SMARTS) is 1. The molecule has 2 aromatic rings. The Labute approximate surface area is 132 Å². The van der Waals surface area contributed by atoms with Crippen molar-refractivity contribution in [1.82, 2.24) is 4.90 Å². The number of carbonyl (C=O) groups is 2. The van der Waals surface area contributed by atoms with Gasteiger partial charge < -0.3 is 14.4 Å². The molecule has 0 spiro atoms. The highest BCUT2D eigenvalue weighted by molar-refractivity contribution is 6.31. The van der Waals surface area contributed by atoms with Crippen LogP contribution in [0.1, 0.15) is 29.5 Å². The van der Waals surface area contributed by atoms with Gasteiger partial charge in [-0.15, -0.1) is 0 Å². The number of likely N-dealkylation sites (tertiary alicyclic amines) is 1. The number of carbonyl (C=O) groups excluding carboxylic acids is 1. The summed E-state index contributed by atoms with van der Waals surface area (Å²) < 4.78 is 5.66. The third kappa shape index (κ3) is 2.25. The molecule has 116 valence electrons. The van der Waals surface area contributed by atoms with Crippen molar-refractivity contribution in [2.45, 2.75) is 20.3 Å². The molecule has 2 heterocycles. The van der Waals surface area contributed by atoms with E-state index in [4.69, 9.17) is 16.0 Å². The normalized spacial score (nSPS) is 21.5. The number of fused-ring (bicyclic) bond motifs is 1. The number of carboxylic acids is 1. The van der Waals surface area contributed by atoms with Crippen molar-refractivity contribution in [3.05, 3.63) is 34.5 Å². The number of hydrogen-bond donors (Lipinski definition) is 1. The van der Waals surface area contributed by atoms with Gasteiger partial charge in [-0.25, -0.2) is 0 Å². The number of aliphatic carboxylic acids is 1. The summed E-state index contributed by atoms with van der Waals surface area (Å²) in [5.41, 5.74) is 0.440. The summed E-state index contributed by atoms with van der Waals surface area (Å²) in [7, 11) is 0. The molecular formula is C16H16ClNO4. The standard InChI is InChI=1S/C16H16ClNO4/c1-9-11-7-10(17)3-4-12(11)22-13(9)14(19)18-6-5-16(2,8-18)15(20)21/h3-4,7H,5-6,8H2,1-2H3,(H,20,21). The zero-order valence-electron chi connectivity index (χ0n) is 12.4. The molecule has 0 saturated carbocycles. The van der Waals surface area contributed by atoms with Crippen molar-refractivity contribution in [2.75, 3.05) is 13.1 Å². The maximum absolute atomic E-state index is 12.6. The van der Waals surface area contributed by atoms with E-state index in [1.165, 1.54) is 0 Å². The molecule has 3 rings (SSSR count). The summed E-state index contributed by atoms with van der Waals surface area (Å²) in [6.45, 7) is 4.08. The van der Waals surface area contributed by atoms with Crippen LogP contribution < -0.4 is 0 Å². The third-order valence-corrected chi connectivity index (χ3v) is 4.60. The van der Waals surface area contributed by atoms with E-state index in [1.807, 2.05) is 6.92 Å². The van der Waals surface area contributed by atoms with Crippen LogP contribution in [0.15, 0.2) is 22.6 Å². The van der Waals surface area contributed by atoms with E-state index in [2.05, 4.69) is 0 Å². The first kappa shape index (κ1) is 14.9. The Bertz CT molecular complexity index is 782. The van der Waals surface area contributed by atoms with Gasteiger partial charge in [-0.2, -0.15) is 0 Å². The van der Waals surface area contributed by atoms with Gasteiger partial charge >= 0.3 is 5.97 Å². The Kier molecular flexibility index (Phi) is 3.40. The molecule has 1 saturated heterocycles. The van der Waals surface area contributed by atoms with Crippen LogP contribution in [0.5, 0.6) is 0 Å². The average Bonchev–Trinajstić information content (AvgIpc) is 3.01. The second-order valence-corrected chi connectivity index (χ2v) is 6.48. The van der Waals surface area contributed by atoms with Gasteiger partial charge in [0.05, 0.1) is 5.41 Å². The molecule has 0 aliphatic carbocycles. The molecule has 1 aromatic heterocycles. The van der Waals surface area contributed by atoms with Gasteiger partial charge in [0.25, 0.3) is 5.91 Å². The maximum atomic E-state index is 12.6. The molecule has 0 radical (unpaired) electrons. The number of aryl methyl sites for hydroxylation is 1. The molecular weight excluding hydrogens is 306 g/mol. The smallest absolute Gasteiger partial charge is 0.311 e. The van der Waals surface area contributed by atoms with Crippen LogP contribution in [0.4, 0.5) is 0 Å². The topological polar surface area (TPSA) is 70.8 Å². The molecule has 1 aliphatic rings. The van der Waals surface area contributed by atoms with E-state index in [1.54, 1.807) is 30.0 Å². The molecule has 1 aliphatic heterocycles. The molecule has 1 atom stereocenters. The Morgan fingerprint density at radius 2 is 2.14 bits per heavy atom. The van der Waals surface area contributed by atoms with E-state index < -0.39 is 11.4 Å². The van der Waals surface area contributed by atoms with Crippen molar-refractivity contribution in [2.24, 2.45) is 5.41 Å². The first-order valence-electron chi connectivity index (χ1n) is 7.03. The highest BCUT2D eigenvalue weighted by Crippen LogP contribution is 2.33. The van der Waals surface area contributed by atoms with E-state index >= 15 is 0 Å². The molecule has 5 nitrogen and oxygen atoms in total. The second kappa shape index (κ2) is 5.02. The summed E-state index contributed by atoms with van der Waals surface area (Å²) in [4.78, 5) is 25.5. The highest BCUT2D eigenvalue weighted by atomic mass is 35.5. The van der Waals surface area contributed by atoms with Gasteiger partial charge in [-0.05, 0) is 38.5 Å². The minimum absolute atomic E-state index is 0.193. The molecule has 1 N–H and O–H groups in total. The Morgan fingerprint density at radius 3 is 2.77 bits per heavy atom. The van der Waals surface area contributed by atoms with Crippen LogP contribution >= 0.6 is 11.6 Å². The van der Waals surface area contributed by atoms with E-state index in [-0.39, 0.29) is 18.2 Å². The van der Waals surface area contributed by atoms with Crippen LogP contribution in [0.2, 0.25) is 5.02 Å². The van der Waals surface area contributed by atoms with Crippen LogP contribution in [0, 0.1) is 12.3 Å². The number of halogens is 1. The van der Waals surface area contributed by atoms with Gasteiger partial charge in [0.15, 0.2) is 5.76 Å². The third-order valence-electron chi connectivity index (χ3n) is 4.37. The quantitative estimate of drug-likeness (QED) is 0.921. The maximum Gasteiger partial charge on any atom is 0.311 e. The predicted octanol–water partition coefficient (Wildman–Crippen LogP) is 3.33. The minimum Gasteiger partial charge on any atom is -0.481 e. The molecule has 1 amide bonds. The minimum atomic E-state index is -0.890. The number of furan rings is 1. The summed E-state index contributed by atoms with van der Waals surface area (Å²) in [6, 6.07) is 5.20. The van der Waals surface area contributed by atoms with Crippen molar-refractivity contribution < 1.29 is 19.1 Å². The summed E-state index contributed by atoms with van der Waals surface area (Å²) in [5, 5.41) is 10.6. The number of nitrogens with zero attached hydrogens (tertiary/aromatic N) is 1. The van der Waals surface area contributed by atoms with Crippen molar-refractivity contribution in [3.8, 4) is 0 Å². The monoisotopic (exact) mass is 321 g/mol. The lowest BCUT2D eigenvalue weighted by Crippen LogP contribution is -2.34. The molecule has 6 heteroatoms. The summed E-state index contributed by atoms with van der Waals surface area (Å²) in [5.74, 6) is -0.891. The Morgan fingerprint density at radius 1 is 1.41 bits per heavy atom. The van der Waals surface area contributed by atoms with Crippen LogP contribution in [0.25, 0.3) is 11.0 Å². The Balaban J connectivity index is 1.94. The molecule has 1 aromatic carbocycles. The van der Waals surface area contributed by atoms with Gasteiger partial charge in [0.1, 0.15) is 5.58 Å². The van der Waals surface area contributed by atoms with Gasteiger partial charge in [0.2, 0.25) is 0 Å². The number of amides is 1. The predicted molar refractivity (Wildman–Crippen MR) is 82.2 cm³/mol. The summed E-state index contributed by atoms with van der Waals surface area (Å²) >= 11 is 5.98. The fraction of sp³-hybridized carbons (Fsp3) is 0.375. The average molecular weight is 322 g/mol. The lowest BCUT2D eigenvalue weighted by molar-refractivity contribution is -0.147. The van der Waals surface area contributed by atoms with Crippen LogP contribution in [-0.2, 0) is 4.79 Å². The van der Waals surface area contributed by atoms with E-state index in [9.17, 15) is 14.7 Å². The first-order valence-corrected chi connectivity index (χ1v) is 7.41. The highest BCUT2D eigenvalue weighted by Gasteiger charge is 2.43. The first-order chi connectivity index (χ1) is 10.3. The number of hydrogen-bond acceptors (Lipinski definition) is 3. The van der Waals surface area contributed by atoms with Gasteiger partial charge in [-0.3, -0.25) is 9.59 Å². The lowest BCUT2D eigenvalue weighted by atomic mass is 9.90. The van der Waals surface area contributed by atoms with E-state index in [0.717, 1.165) is 10.9 Å². The molecule has 1 fully saturated rings. The fourth-order valence-electron chi connectivity index (χ4n) is 2.85. The second-order valence-electron chi connectivity index (χ2n) is 6.04. The zero-order chi connectivity index (χ0) is 16.1. The molecule has 0 bridgehead atoms. The summed E-state index contributed by atoms with van der Waals surface area (Å²) in [6.07, 6.45) is 0.444.